The second kappa shape index (κ2) is 6.40. The maximum atomic E-state index is 9.33. The molecular formula is C15H26N2. The molecule has 0 spiro atoms. The Kier molecular flexibility index (Phi) is 4.86. The van der Waals surface area contributed by atoms with Gasteiger partial charge in [-0.25, -0.2) is 0 Å². The maximum Gasteiger partial charge on any atom is 0.0672 e. The van der Waals surface area contributed by atoms with Crippen LogP contribution in [0.15, 0.2) is 0 Å². The first kappa shape index (κ1) is 12.9. The van der Waals surface area contributed by atoms with E-state index in [2.05, 4.69) is 17.9 Å². The highest BCUT2D eigenvalue weighted by Gasteiger charge is 2.32. The number of nitrogens with zero attached hydrogens (tertiary/aromatic N) is 2. The second-order valence-electron chi connectivity index (χ2n) is 6.02. The first-order chi connectivity index (χ1) is 8.31. The molecule has 0 amide bonds. The number of nitriles is 1. The largest absolute Gasteiger partial charge is 0.299 e. The van der Waals surface area contributed by atoms with Gasteiger partial charge < -0.3 is 0 Å². The molecule has 1 aliphatic carbocycles. The summed E-state index contributed by atoms with van der Waals surface area (Å²) >= 11 is 0. The van der Waals surface area contributed by atoms with E-state index < -0.39 is 0 Å². The van der Waals surface area contributed by atoms with Crippen LogP contribution in [0.2, 0.25) is 0 Å². The molecule has 2 nitrogen and oxygen atoms in total. The molecule has 0 N–H and O–H groups in total. The Hall–Kier alpha value is -0.550. The zero-order valence-corrected chi connectivity index (χ0v) is 11.2. The van der Waals surface area contributed by atoms with Gasteiger partial charge in [-0.2, -0.15) is 5.26 Å². The molecule has 3 unspecified atom stereocenters. The van der Waals surface area contributed by atoms with Crippen LogP contribution in [0, 0.1) is 23.2 Å². The summed E-state index contributed by atoms with van der Waals surface area (Å²) in [6, 6.07) is 3.12. The predicted octanol–water partition coefficient (Wildman–Crippen LogP) is 3.58. The normalized spacial score (nSPS) is 36.8. The first-order valence-electron chi connectivity index (χ1n) is 7.45. The van der Waals surface area contributed by atoms with Gasteiger partial charge in [-0.05, 0) is 51.1 Å². The van der Waals surface area contributed by atoms with Crippen LogP contribution in [0.5, 0.6) is 0 Å². The van der Waals surface area contributed by atoms with Gasteiger partial charge in [0.15, 0.2) is 0 Å². The molecule has 96 valence electrons. The van der Waals surface area contributed by atoms with E-state index in [4.69, 9.17) is 0 Å². The average molecular weight is 234 g/mol. The van der Waals surface area contributed by atoms with Crippen molar-refractivity contribution in [2.45, 2.75) is 64.3 Å². The zero-order valence-electron chi connectivity index (χ0n) is 11.2. The van der Waals surface area contributed by atoms with Crippen molar-refractivity contribution in [3.63, 3.8) is 0 Å². The van der Waals surface area contributed by atoms with Gasteiger partial charge in [0.05, 0.1) is 12.0 Å². The lowest BCUT2D eigenvalue weighted by Gasteiger charge is -2.40. The van der Waals surface area contributed by atoms with E-state index in [9.17, 15) is 5.26 Å². The molecule has 2 fully saturated rings. The highest BCUT2D eigenvalue weighted by atomic mass is 15.2. The Bertz CT molecular complexity index is 261. The third kappa shape index (κ3) is 3.45. The molecule has 2 rings (SSSR count). The van der Waals surface area contributed by atoms with Crippen LogP contribution in [-0.4, -0.2) is 24.0 Å². The van der Waals surface area contributed by atoms with E-state index in [1.807, 2.05) is 0 Å². The van der Waals surface area contributed by atoms with Gasteiger partial charge in [-0.3, -0.25) is 4.90 Å². The van der Waals surface area contributed by atoms with Gasteiger partial charge in [0.2, 0.25) is 0 Å². The van der Waals surface area contributed by atoms with E-state index in [0.717, 1.165) is 12.3 Å². The van der Waals surface area contributed by atoms with Crippen LogP contribution in [0.3, 0.4) is 0 Å². The molecule has 2 heteroatoms. The van der Waals surface area contributed by atoms with Gasteiger partial charge >= 0.3 is 0 Å². The van der Waals surface area contributed by atoms with Crippen LogP contribution in [0.25, 0.3) is 0 Å². The fraction of sp³-hybridized carbons (Fsp3) is 0.933. The Labute approximate surface area is 106 Å². The molecule has 1 aliphatic heterocycles. The lowest BCUT2D eigenvalue weighted by Crippen LogP contribution is -2.45. The van der Waals surface area contributed by atoms with Crippen molar-refractivity contribution < 1.29 is 0 Å². The van der Waals surface area contributed by atoms with E-state index in [1.54, 1.807) is 0 Å². The molecule has 1 heterocycles. The molecule has 1 saturated carbocycles. The van der Waals surface area contributed by atoms with Crippen molar-refractivity contribution >= 4 is 0 Å². The monoisotopic (exact) mass is 234 g/mol. The van der Waals surface area contributed by atoms with Gasteiger partial charge in [-0.15, -0.1) is 0 Å². The summed E-state index contributed by atoms with van der Waals surface area (Å²) in [5.41, 5.74) is 0. The molecular weight excluding hydrogens is 208 g/mol. The van der Waals surface area contributed by atoms with Crippen LogP contribution in [0.4, 0.5) is 0 Å². The molecule has 17 heavy (non-hydrogen) atoms. The van der Waals surface area contributed by atoms with E-state index in [1.165, 1.54) is 58.0 Å². The predicted molar refractivity (Wildman–Crippen MR) is 70.6 cm³/mol. The van der Waals surface area contributed by atoms with Crippen LogP contribution in [-0.2, 0) is 0 Å². The third-order valence-corrected chi connectivity index (χ3v) is 4.60. The van der Waals surface area contributed by atoms with E-state index in [0.29, 0.717) is 12.0 Å². The quantitative estimate of drug-likeness (QED) is 0.693. The topological polar surface area (TPSA) is 27.0 Å². The molecule has 0 radical (unpaired) electrons. The van der Waals surface area contributed by atoms with Crippen LogP contribution >= 0.6 is 0 Å². The lowest BCUT2D eigenvalue weighted by molar-refractivity contribution is 0.0968. The van der Waals surface area contributed by atoms with Crippen LogP contribution in [0.1, 0.15) is 58.3 Å². The van der Waals surface area contributed by atoms with E-state index >= 15 is 0 Å². The van der Waals surface area contributed by atoms with Crippen molar-refractivity contribution in [3.05, 3.63) is 0 Å². The lowest BCUT2D eigenvalue weighted by atomic mass is 9.78. The smallest absolute Gasteiger partial charge is 0.0672 e. The summed E-state index contributed by atoms with van der Waals surface area (Å²) < 4.78 is 0. The molecule has 0 bridgehead atoms. The van der Waals surface area contributed by atoms with Gasteiger partial charge in [-0.1, -0.05) is 26.2 Å². The number of likely N-dealkylation sites (tertiary alicyclic amines) is 1. The Morgan fingerprint density at radius 2 is 1.65 bits per heavy atom. The standard InChI is InChI=1S/C15H26N2/c1-13-7-8-14(12-16)15(11-13)17-9-5-3-2-4-6-10-17/h13-15H,2-11H2,1H3. The molecule has 1 saturated heterocycles. The van der Waals surface area contributed by atoms with Crippen molar-refractivity contribution in [1.29, 1.82) is 5.26 Å². The molecule has 0 aromatic heterocycles. The molecule has 0 aromatic carbocycles. The van der Waals surface area contributed by atoms with Crippen LogP contribution < -0.4 is 0 Å². The minimum Gasteiger partial charge on any atom is -0.299 e. The third-order valence-electron chi connectivity index (χ3n) is 4.60. The average Bonchev–Trinajstić information content (AvgIpc) is 2.28. The summed E-state index contributed by atoms with van der Waals surface area (Å²) in [6.45, 7) is 4.82. The Morgan fingerprint density at radius 3 is 2.29 bits per heavy atom. The highest BCUT2D eigenvalue weighted by Crippen LogP contribution is 2.32. The zero-order chi connectivity index (χ0) is 12.1. The Balaban J connectivity index is 1.98. The summed E-state index contributed by atoms with van der Waals surface area (Å²) in [5, 5.41) is 9.33. The molecule has 0 aromatic rings. The minimum atomic E-state index is 0.297. The number of hydrogen-bond acceptors (Lipinski definition) is 2. The maximum absolute atomic E-state index is 9.33. The van der Waals surface area contributed by atoms with Crippen molar-refractivity contribution in [3.8, 4) is 6.07 Å². The minimum absolute atomic E-state index is 0.297. The van der Waals surface area contributed by atoms with Crippen molar-refractivity contribution in [1.82, 2.24) is 4.90 Å². The SMILES string of the molecule is CC1CCC(C#N)C(N2CCCCCCC2)C1. The van der Waals surface area contributed by atoms with Crippen molar-refractivity contribution in [2.24, 2.45) is 11.8 Å². The number of hydrogen-bond donors (Lipinski definition) is 0. The van der Waals surface area contributed by atoms with Gasteiger partial charge in [0, 0.05) is 6.04 Å². The number of rotatable bonds is 1. The van der Waals surface area contributed by atoms with Crippen molar-refractivity contribution in [2.75, 3.05) is 13.1 Å². The van der Waals surface area contributed by atoms with Gasteiger partial charge in [0.25, 0.3) is 0 Å². The highest BCUT2D eigenvalue weighted by molar-refractivity contribution is 4.97. The molecule has 2 aliphatic rings. The van der Waals surface area contributed by atoms with E-state index in [-0.39, 0.29) is 0 Å². The fourth-order valence-electron chi connectivity index (χ4n) is 3.51. The molecule has 3 atom stereocenters. The summed E-state index contributed by atoms with van der Waals surface area (Å²) in [5.74, 6) is 1.11. The fourth-order valence-corrected chi connectivity index (χ4v) is 3.51. The Morgan fingerprint density at radius 1 is 1.00 bits per heavy atom. The summed E-state index contributed by atoms with van der Waals surface area (Å²) in [6.07, 6.45) is 10.5. The summed E-state index contributed by atoms with van der Waals surface area (Å²) in [7, 11) is 0. The first-order valence-corrected chi connectivity index (χ1v) is 7.45. The van der Waals surface area contributed by atoms with Gasteiger partial charge in [0.1, 0.15) is 0 Å². The summed E-state index contributed by atoms with van der Waals surface area (Å²) in [4.78, 5) is 2.64. The second-order valence-corrected chi connectivity index (χ2v) is 6.02.